The predicted molar refractivity (Wildman–Crippen MR) is 75.7 cm³/mol. The molecule has 2 nitrogen and oxygen atoms in total. The summed E-state index contributed by atoms with van der Waals surface area (Å²) in [6.45, 7) is 9.35. The van der Waals surface area contributed by atoms with Gasteiger partial charge in [0.15, 0.2) is 0 Å². The molecule has 0 bridgehead atoms. The fraction of sp³-hybridized carbons (Fsp3) is 0.625. The molecule has 2 saturated heterocycles. The molecule has 0 unspecified atom stereocenters. The standard InChI is InChI=1S/C16H24N2/c1-12-5-3-6-13(2)15(12)10-18-9-14-7-4-8-17-16(14)11-18/h3,5-6,14,16-17H,4,7-11H2,1-2H3/t14-,16+/m0/s1. The smallest absolute Gasteiger partial charge is 0.0239 e. The highest BCUT2D eigenvalue weighted by Gasteiger charge is 2.34. The number of hydrogen-bond donors (Lipinski definition) is 1. The molecule has 3 rings (SSSR count). The zero-order valence-electron chi connectivity index (χ0n) is 11.6. The molecule has 2 aliphatic heterocycles. The Morgan fingerprint density at radius 1 is 1.22 bits per heavy atom. The Morgan fingerprint density at radius 2 is 2.00 bits per heavy atom. The third-order valence-corrected chi connectivity index (χ3v) is 4.70. The first-order chi connectivity index (χ1) is 8.74. The van der Waals surface area contributed by atoms with Gasteiger partial charge < -0.3 is 5.32 Å². The zero-order valence-corrected chi connectivity index (χ0v) is 11.6. The molecule has 98 valence electrons. The first-order valence-corrected chi connectivity index (χ1v) is 7.25. The quantitative estimate of drug-likeness (QED) is 0.860. The fourth-order valence-electron chi connectivity index (χ4n) is 3.59. The minimum Gasteiger partial charge on any atom is -0.312 e. The molecule has 2 aliphatic rings. The van der Waals surface area contributed by atoms with E-state index in [9.17, 15) is 0 Å². The van der Waals surface area contributed by atoms with Gasteiger partial charge in [0.1, 0.15) is 0 Å². The van der Waals surface area contributed by atoms with Gasteiger partial charge >= 0.3 is 0 Å². The van der Waals surface area contributed by atoms with Crippen molar-refractivity contribution >= 4 is 0 Å². The number of aryl methyl sites for hydroxylation is 2. The van der Waals surface area contributed by atoms with Crippen LogP contribution < -0.4 is 5.32 Å². The van der Waals surface area contributed by atoms with Crippen molar-refractivity contribution in [2.24, 2.45) is 5.92 Å². The highest BCUT2D eigenvalue weighted by atomic mass is 15.2. The van der Waals surface area contributed by atoms with Crippen molar-refractivity contribution in [3.8, 4) is 0 Å². The summed E-state index contributed by atoms with van der Waals surface area (Å²) in [5.41, 5.74) is 4.42. The number of nitrogens with one attached hydrogen (secondary N) is 1. The molecule has 0 aliphatic carbocycles. The van der Waals surface area contributed by atoms with Crippen molar-refractivity contribution in [1.82, 2.24) is 10.2 Å². The molecular weight excluding hydrogens is 220 g/mol. The average molecular weight is 244 g/mol. The van der Waals surface area contributed by atoms with Crippen molar-refractivity contribution in [1.29, 1.82) is 0 Å². The summed E-state index contributed by atoms with van der Waals surface area (Å²) in [5, 5.41) is 3.68. The van der Waals surface area contributed by atoms with Gasteiger partial charge in [-0.05, 0) is 55.8 Å². The lowest BCUT2D eigenvalue weighted by Gasteiger charge is -2.24. The minimum atomic E-state index is 0.753. The Bertz CT molecular complexity index is 393. The summed E-state index contributed by atoms with van der Waals surface area (Å²) in [4.78, 5) is 2.64. The van der Waals surface area contributed by atoms with Crippen LogP contribution in [0.3, 0.4) is 0 Å². The van der Waals surface area contributed by atoms with E-state index in [0.717, 1.165) is 18.5 Å². The normalized spacial score (nSPS) is 28.3. The number of fused-ring (bicyclic) bond motifs is 1. The molecule has 0 aromatic heterocycles. The van der Waals surface area contributed by atoms with E-state index in [1.54, 1.807) is 0 Å². The van der Waals surface area contributed by atoms with E-state index in [1.165, 1.54) is 49.2 Å². The predicted octanol–water partition coefficient (Wildman–Crippen LogP) is 2.49. The van der Waals surface area contributed by atoms with Crippen LogP contribution in [0.1, 0.15) is 29.5 Å². The van der Waals surface area contributed by atoms with Crippen LogP contribution in [0, 0.1) is 19.8 Å². The molecule has 0 radical (unpaired) electrons. The second-order valence-electron chi connectivity index (χ2n) is 6.03. The minimum absolute atomic E-state index is 0.753. The maximum Gasteiger partial charge on any atom is 0.0239 e. The topological polar surface area (TPSA) is 15.3 Å². The SMILES string of the molecule is Cc1cccc(C)c1CN1C[C@@H]2CCCN[C@@H]2C1. The van der Waals surface area contributed by atoms with Crippen LogP contribution in [-0.2, 0) is 6.54 Å². The molecule has 1 aromatic rings. The van der Waals surface area contributed by atoms with E-state index < -0.39 is 0 Å². The number of piperidine rings is 1. The second-order valence-corrected chi connectivity index (χ2v) is 6.03. The number of rotatable bonds is 2. The Morgan fingerprint density at radius 3 is 2.72 bits per heavy atom. The Kier molecular flexibility index (Phi) is 3.40. The first-order valence-electron chi connectivity index (χ1n) is 7.25. The zero-order chi connectivity index (χ0) is 12.5. The van der Waals surface area contributed by atoms with Crippen molar-refractivity contribution in [3.63, 3.8) is 0 Å². The number of hydrogen-bond acceptors (Lipinski definition) is 2. The van der Waals surface area contributed by atoms with Gasteiger partial charge in [0.05, 0.1) is 0 Å². The van der Waals surface area contributed by atoms with Gasteiger partial charge in [-0.3, -0.25) is 4.90 Å². The summed E-state index contributed by atoms with van der Waals surface area (Å²) in [5.74, 6) is 0.892. The lowest BCUT2D eigenvalue weighted by atomic mass is 9.94. The third kappa shape index (κ3) is 2.32. The van der Waals surface area contributed by atoms with Crippen LogP contribution in [0.15, 0.2) is 18.2 Å². The second kappa shape index (κ2) is 5.02. The first kappa shape index (κ1) is 12.2. The van der Waals surface area contributed by atoms with Crippen LogP contribution in [0.5, 0.6) is 0 Å². The largest absolute Gasteiger partial charge is 0.312 e. The fourth-order valence-corrected chi connectivity index (χ4v) is 3.59. The lowest BCUT2D eigenvalue weighted by Crippen LogP contribution is -2.40. The van der Waals surface area contributed by atoms with Crippen molar-refractivity contribution in [2.45, 2.75) is 39.3 Å². The molecule has 18 heavy (non-hydrogen) atoms. The molecule has 2 heterocycles. The maximum absolute atomic E-state index is 3.68. The van der Waals surface area contributed by atoms with Gasteiger partial charge in [-0.1, -0.05) is 18.2 Å². The number of likely N-dealkylation sites (tertiary alicyclic amines) is 1. The molecular formula is C16H24N2. The summed E-state index contributed by atoms with van der Waals surface area (Å²) >= 11 is 0. The summed E-state index contributed by atoms with van der Waals surface area (Å²) in [6.07, 6.45) is 2.78. The maximum atomic E-state index is 3.68. The average Bonchev–Trinajstić information content (AvgIpc) is 2.76. The van der Waals surface area contributed by atoms with E-state index in [0.29, 0.717) is 0 Å². The lowest BCUT2D eigenvalue weighted by molar-refractivity contribution is 0.311. The highest BCUT2D eigenvalue weighted by Crippen LogP contribution is 2.27. The molecule has 0 amide bonds. The van der Waals surface area contributed by atoms with E-state index in [-0.39, 0.29) is 0 Å². The third-order valence-electron chi connectivity index (χ3n) is 4.70. The van der Waals surface area contributed by atoms with E-state index >= 15 is 0 Å². The summed E-state index contributed by atoms with van der Waals surface area (Å²) in [6, 6.07) is 7.40. The monoisotopic (exact) mass is 244 g/mol. The van der Waals surface area contributed by atoms with Crippen LogP contribution in [0.25, 0.3) is 0 Å². The number of benzene rings is 1. The summed E-state index contributed by atoms with van der Waals surface area (Å²) < 4.78 is 0. The van der Waals surface area contributed by atoms with Crippen LogP contribution in [-0.4, -0.2) is 30.6 Å². The highest BCUT2D eigenvalue weighted by molar-refractivity contribution is 5.33. The van der Waals surface area contributed by atoms with E-state index in [4.69, 9.17) is 0 Å². The van der Waals surface area contributed by atoms with E-state index in [2.05, 4.69) is 42.3 Å². The van der Waals surface area contributed by atoms with Gasteiger partial charge in [0, 0.05) is 25.7 Å². The molecule has 0 saturated carbocycles. The summed E-state index contributed by atoms with van der Waals surface area (Å²) in [7, 11) is 0. The molecule has 0 spiro atoms. The van der Waals surface area contributed by atoms with Crippen LogP contribution >= 0.6 is 0 Å². The molecule has 2 heteroatoms. The molecule has 1 N–H and O–H groups in total. The van der Waals surface area contributed by atoms with Crippen LogP contribution in [0.2, 0.25) is 0 Å². The van der Waals surface area contributed by atoms with Gasteiger partial charge in [0.2, 0.25) is 0 Å². The van der Waals surface area contributed by atoms with Crippen LogP contribution in [0.4, 0.5) is 0 Å². The van der Waals surface area contributed by atoms with Crippen molar-refractivity contribution in [3.05, 3.63) is 34.9 Å². The van der Waals surface area contributed by atoms with Gasteiger partial charge in [-0.2, -0.15) is 0 Å². The van der Waals surface area contributed by atoms with Gasteiger partial charge in [-0.25, -0.2) is 0 Å². The Labute approximate surface area is 110 Å². The Hall–Kier alpha value is -0.860. The van der Waals surface area contributed by atoms with E-state index in [1.807, 2.05) is 0 Å². The van der Waals surface area contributed by atoms with Crippen molar-refractivity contribution < 1.29 is 0 Å². The van der Waals surface area contributed by atoms with Crippen molar-refractivity contribution in [2.75, 3.05) is 19.6 Å². The molecule has 1 aromatic carbocycles. The Balaban J connectivity index is 1.70. The molecule has 2 fully saturated rings. The van der Waals surface area contributed by atoms with Gasteiger partial charge in [-0.15, -0.1) is 0 Å². The molecule has 2 atom stereocenters. The van der Waals surface area contributed by atoms with Gasteiger partial charge in [0.25, 0.3) is 0 Å². The number of nitrogens with zero attached hydrogens (tertiary/aromatic N) is 1.